The summed E-state index contributed by atoms with van der Waals surface area (Å²) in [5.41, 5.74) is 1.64. The van der Waals surface area contributed by atoms with Crippen LogP contribution in [0.4, 0.5) is 0 Å². The first kappa shape index (κ1) is 10.7. The highest BCUT2D eigenvalue weighted by Gasteiger charge is 2.35. The van der Waals surface area contributed by atoms with E-state index in [1.165, 1.54) is 4.90 Å². The van der Waals surface area contributed by atoms with Gasteiger partial charge in [-0.2, -0.15) is 5.10 Å². The van der Waals surface area contributed by atoms with Gasteiger partial charge in [-0.05, 0) is 18.2 Å². The van der Waals surface area contributed by atoms with E-state index in [0.717, 1.165) is 0 Å². The van der Waals surface area contributed by atoms with Gasteiger partial charge in [0.1, 0.15) is 0 Å². The van der Waals surface area contributed by atoms with Crippen LogP contribution in [-0.4, -0.2) is 26.5 Å². The monoisotopic (exact) mass is 241 g/mol. The first-order valence-corrected chi connectivity index (χ1v) is 5.60. The zero-order valence-corrected chi connectivity index (χ0v) is 9.83. The predicted molar refractivity (Wildman–Crippen MR) is 63.9 cm³/mol. The highest BCUT2D eigenvalue weighted by atomic mass is 16.2. The third-order valence-electron chi connectivity index (χ3n) is 2.97. The van der Waals surface area contributed by atoms with Gasteiger partial charge in [-0.1, -0.05) is 12.1 Å². The molecular weight excluding hydrogens is 230 g/mol. The van der Waals surface area contributed by atoms with E-state index in [2.05, 4.69) is 5.10 Å². The number of hydrogen-bond donors (Lipinski definition) is 0. The van der Waals surface area contributed by atoms with Crippen LogP contribution in [0, 0.1) is 0 Å². The van der Waals surface area contributed by atoms with Gasteiger partial charge in [-0.3, -0.25) is 19.2 Å². The minimum atomic E-state index is -0.249. The first-order valence-electron chi connectivity index (χ1n) is 5.60. The molecule has 0 aliphatic carbocycles. The van der Waals surface area contributed by atoms with Crippen LogP contribution >= 0.6 is 0 Å². The lowest BCUT2D eigenvalue weighted by Gasteiger charge is -2.11. The molecule has 2 heterocycles. The lowest BCUT2D eigenvalue weighted by molar-refractivity contribution is 0.0640. The Bertz CT molecular complexity index is 610. The minimum absolute atomic E-state index is 0.215. The predicted octanol–water partition coefficient (Wildman–Crippen LogP) is 1.22. The highest BCUT2D eigenvalue weighted by molar-refractivity contribution is 6.21. The van der Waals surface area contributed by atoms with Crippen molar-refractivity contribution < 1.29 is 9.59 Å². The number of benzene rings is 1. The normalized spacial score (nSPS) is 14.2. The molecular formula is C13H11N3O2. The molecule has 2 aromatic rings. The summed E-state index contributed by atoms with van der Waals surface area (Å²) in [7, 11) is 1.80. The van der Waals surface area contributed by atoms with Crippen LogP contribution in [0.15, 0.2) is 36.5 Å². The fraction of sp³-hybridized carbons (Fsp3) is 0.154. The molecule has 0 unspecified atom stereocenters. The van der Waals surface area contributed by atoms with Crippen molar-refractivity contribution >= 4 is 11.8 Å². The fourth-order valence-corrected chi connectivity index (χ4v) is 2.09. The second-order valence-electron chi connectivity index (χ2n) is 4.22. The molecule has 1 aliphatic heterocycles. The number of imide groups is 1. The number of amides is 2. The number of nitrogens with zero attached hydrogens (tertiary/aromatic N) is 3. The third-order valence-corrected chi connectivity index (χ3v) is 2.97. The molecule has 18 heavy (non-hydrogen) atoms. The van der Waals surface area contributed by atoms with Gasteiger partial charge >= 0.3 is 0 Å². The van der Waals surface area contributed by atoms with Crippen LogP contribution in [-0.2, 0) is 13.6 Å². The number of fused-ring (bicyclic) bond motifs is 1. The first-order chi connectivity index (χ1) is 8.66. The van der Waals surface area contributed by atoms with Crippen LogP contribution in [0.2, 0.25) is 0 Å². The quantitative estimate of drug-likeness (QED) is 0.743. The van der Waals surface area contributed by atoms with Crippen molar-refractivity contribution in [1.29, 1.82) is 0 Å². The molecule has 0 spiro atoms. The van der Waals surface area contributed by atoms with E-state index in [4.69, 9.17) is 0 Å². The number of carbonyl (C=O) groups excluding carboxylic acids is 2. The van der Waals surface area contributed by atoms with E-state index in [0.29, 0.717) is 16.8 Å². The summed E-state index contributed by atoms with van der Waals surface area (Å²) < 4.78 is 1.65. The van der Waals surface area contributed by atoms with Crippen molar-refractivity contribution in [3.05, 3.63) is 53.3 Å². The Morgan fingerprint density at radius 3 is 2.17 bits per heavy atom. The van der Waals surface area contributed by atoms with Crippen molar-refractivity contribution in [2.45, 2.75) is 6.54 Å². The molecule has 0 N–H and O–H groups in total. The van der Waals surface area contributed by atoms with Gasteiger partial charge in [0.25, 0.3) is 11.8 Å². The van der Waals surface area contributed by atoms with Gasteiger partial charge in [0.2, 0.25) is 0 Å². The summed E-state index contributed by atoms with van der Waals surface area (Å²) in [6.07, 6.45) is 1.79. The largest absolute Gasteiger partial charge is 0.275 e. The summed E-state index contributed by atoms with van der Waals surface area (Å²) >= 11 is 0. The van der Waals surface area contributed by atoms with E-state index >= 15 is 0 Å². The van der Waals surface area contributed by atoms with Crippen molar-refractivity contribution in [3.63, 3.8) is 0 Å². The molecule has 5 nitrogen and oxygen atoms in total. The van der Waals surface area contributed by atoms with Gasteiger partial charge in [0.15, 0.2) is 0 Å². The molecule has 5 heteroatoms. The fourth-order valence-electron chi connectivity index (χ4n) is 2.09. The zero-order valence-electron chi connectivity index (χ0n) is 9.83. The second kappa shape index (κ2) is 3.80. The Kier molecular flexibility index (Phi) is 2.26. The SMILES string of the molecule is Cn1ccc(CN2C(=O)c3ccccc3C2=O)n1. The van der Waals surface area contributed by atoms with Gasteiger partial charge in [-0.15, -0.1) is 0 Å². The molecule has 0 saturated carbocycles. The zero-order chi connectivity index (χ0) is 12.7. The van der Waals surface area contributed by atoms with Crippen LogP contribution in [0.1, 0.15) is 26.4 Å². The number of rotatable bonds is 2. The van der Waals surface area contributed by atoms with E-state index in [1.807, 2.05) is 0 Å². The maximum absolute atomic E-state index is 12.1. The molecule has 0 bridgehead atoms. The van der Waals surface area contributed by atoms with Crippen molar-refractivity contribution in [1.82, 2.24) is 14.7 Å². The average molecular weight is 241 g/mol. The topological polar surface area (TPSA) is 55.2 Å². The summed E-state index contributed by atoms with van der Waals surface area (Å²) in [5.74, 6) is -0.498. The number of aromatic nitrogens is 2. The Hall–Kier alpha value is -2.43. The van der Waals surface area contributed by atoms with Crippen LogP contribution < -0.4 is 0 Å². The second-order valence-corrected chi connectivity index (χ2v) is 4.22. The van der Waals surface area contributed by atoms with E-state index in [1.54, 1.807) is 48.3 Å². The van der Waals surface area contributed by atoms with Crippen molar-refractivity contribution in [2.24, 2.45) is 7.05 Å². The third kappa shape index (κ3) is 1.52. The molecule has 90 valence electrons. The molecule has 0 saturated heterocycles. The smallest absolute Gasteiger partial charge is 0.261 e. The summed E-state index contributed by atoms with van der Waals surface area (Å²) in [4.78, 5) is 25.4. The van der Waals surface area contributed by atoms with Crippen LogP contribution in [0.5, 0.6) is 0 Å². The molecule has 0 atom stereocenters. The number of carbonyl (C=O) groups is 2. The highest BCUT2D eigenvalue weighted by Crippen LogP contribution is 2.23. The van der Waals surface area contributed by atoms with E-state index < -0.39 is 0 Å². The maximum atomic E-state index is 12.1. The summed E-state index contributed by atoms with van der Waals surface area (Å²) in [6, 6.07) is 8.66. The Balaban J connectivity index is 1.92. The lowest BCUT2D eigenvalue weighted by Crippen LogP contribution is -2.29. The van der Waals surface area contributed by atoms with E-state index in [-0.39, 0.29) is 18.4 Å². The lowest BCUT2D eigenvalue weighted by atomic mass is 10.1. The molecule has 0 radical (unpaired) electrons. The Labute approximate surface area is 104 Å². The van der Waals surface area contributed by atoms with Crippen LogP contribution in [0.25, 0.3) is 0 Å². The Morgan fingerprint density at radius 2 is 1.67 bits per heavy atom. The number of aryl methyl sites for hydroxylation is 1. The van der Waals surface area contributed by atoms with Gasteiger partial charge in [0.05, 0.1) is 23.4 Å². The standard InChI is InChI=1S/C13H11N3O2/c1-15-7-6-9(14-15)8-16-12(17)10-4-2-3-5-11(10)13(16)18/h2-7H,8H2,1H3. The molecule has 0 fully saturated rings. The summed E-state index contributed by atoms with van der Waals surface area (Å²) in [5, 5.41) is 4.18. The Morgan fingerprint density at radius 1 is 1.06 bits per heavy atom. The molecule has 2 amide bonds. The van der Waals surface area contributed by atoms with Crippen molar-refractivity contribution in [3.8, 4) is 0 Å². The number of hydrogen-bond acceptors (Lipinski definition) is 3. The maximum Gasteiger partial charge on any atom is 0.261 e. The van der Waals surface area contributed by atoms with Gasteiger partial charge in [0, 0.05) is 13.2 Å². The molecule has 1 aliphatic rings. The van der Waals surface area contributed by atoms with Gasteiger partial charge in [-0.25, -0.2) is 0 Å². The van der Waals surface area contributed by atoms with Crippen molar-refractivity contribution in [2.75, 3.05) is 0 Å². The molecule has 1 aromatic carbocycles. The molecule has 1 aromatic heterocycles. The average Bonchev–Trinajstić information content (AvgIpc) is 2.88. The van der Waals surface area contributed by atoms with Gasteiger partial charge < -0.3 is 0 Å². The minimum Gasteiger partial charge on any atom is -0.275 e. The summed E-state index contributed by atoms with van der Waals surface area (Å²) in [6.45, 7) is 0.215. The van der Waals surface area contributed by atoms with Crippen LogP contribution in [0.3, 0.4) is 0 Å². The van der Waals surface area contributed by atoms with E-state index in [9.17, 15) is 9.59 Å². The molecule has 3 rings (SSSR count).